The fourth-order valence-corrected chi connectivity index (χ4v) is 1.70. The van der Waals surface area contributed by atoms with Crippen molar-refractivity contribution in [1.29, 1.82) is 0 Å². The Bertz CT molecular complexity index is 439. The van der Waals surface area contributed by atoms with Crippen molar-refractivity contribution < 1.29 is 5.11 Å². The molecule has 0 aromatic heterocycles. The van der Waals surface area contributed by atoms with E-state index < -0.39 is 6.10 Å². The summed E-state index contributed by atoms with van der Waals surface area (Å²) in [4.78, 5) is 0. The fraction of sp³-hybridized carbons (Fsp3) is 0.0769. The van der Waals surface area contributed by atoms with Gasteiger partial charge in [0.05, 0.1) is 0 Å². The van der Waals surface area contributed by atoms with Gasteiger partial charge in [0.15, 0.2) is 0 Å². The van der Waals surface area contributed by atoms with Gasteiger partial charge in [0, 0.05) is 5.02 Å². The zero-order valence-electron chi connectivity index (χ0n) is 8.10. The number of aliphatic hydroxyl groups is 1. The molecule has 0 aliphatic heterocycles. The second-order valence-electron chi connectivity index (χ2n) is 3.37. The lowest BCUT2D eigenvalue weighted by atomic mass is 10.0. The number of hydrogen-bond acceptors (Lipinski definition) is 1. The molecule has 15 heavy (non-hydrogen) atoms. The number of benzene rings is 2. The quantitative estimate of drug-likeness (QED) is 0.819. The summed E-state index contributed by atoms with van der Waals surface area (Å²) < 4.78 is 0. The van der Waals surface area contributed by atoms with E-state index >= 15 is 0 Å². The second kappa shape index (κ2) is 4.47. The minimum Gasteiger partial charge on any atom is -0.384 e. The van der Waals surface area contributed by atoms with E-state index in [9.17, 15) is 5.11 Å². The van der Waals surface area contributed by atoms with Gasteiger partial charge in [-0.25, -0.2) is 0 Å². The van der Waals surface area contributed by atoms with Gasteiger partial charge in [-0.15, -0.1) is 0 Å². The first-order chi connectivity index (χ1) is 7.27. The lowest BCUT2D eigenvalue weighted by molar-refractivity contribution is 0.220. The Balaban J connectivity index is 2.32. The summed E-state index contributed by atoms with van der Waals surface area (Å²) in [6.45, 7) is 0. The number of halogens is 1. The van der Waals surface area contributed by atoms with Crippen LogP contribution in [0.25, 0.3) is 0 Å². The van der Waals surface area contributed by atoms with Crippen LogP contribution in [0.15, 0.2) is 54.6 Å². The van der Waals surface area contributed by atoms with Crippen molar-refractivity contribution in [3.8, 4) is 0 Å². The molecule has 0 heterocycles. The van der Waals surface area contributed by atoms with E-state index in [1.807, 2.05) is 42.5 Å². The van der Waals surface area contributed by atoms with Crippen LogP contribution in [0.3, 0.4) is 0 Å². The molecule has 0 fully saturated rings. The Labute approximate surface area is 94.0 Å². The van der Waals surface area contributed by atoms with Crippen LogP contribution in [0.5, 0.6) is 0 Å². The first-order valence-electron chi connectivity index (χ1n) is 4.76. The maximum absolute atomic E-state index is 10.1. The molecule has 0 aliphatic carbocycles. The molecule has 2 heteroatoms. The molecule has 1 nitrogen and oxygen atoms in total. The zero-order valence-corrected chi connectivity index (χ0v) is 8.85. The van der Waals surface area contributed by atoms with Crippen molar-refractivity contribution in [2.24, 2.45) is 0 Å². The number of aliphatic hydroxyl groups excluding tert-OH is 1. The minimum absolute atomic E-state index is 0.607. The maximum atomic E-state index is 10.1. The Morgan fingerprint density at radius 3 is 2.20 bits per heavy atom. The molecule has 0 saturated heterocycles. The first kappa shape index (κ1) is 10.2. The van der Waals surface area contributed by atoms with E-state index in [4.69, 9.17) is 11.6 Å². The summed E-state index contributed by atoms with van der Waals surface area (Å²) in [7, 11) is 0. The van der Waals surface area contributed by atoms with E-state index in [0.29, 0.717) is 5.02 Å². The van der Waals surface area contributed by atoms with Crippen LogP contribution >= 0.6 is 11.6 Å². The Morgan fingerprint density at radius 1 is 0.867 bits per heavy atom. The van der Waals surface area contributed by atoms with E-state index in [2.05, 4.69) is 0 Å². The molecule has 1 atom stereocenters. The molecular formula is C13H11ClO. The van der Waals surface area contributed by atoms with Crippen LogP contribution in [-0.2, 0) is 0 Å². The summed E-state index contributed by atoms with van der Waals surface area (Å²) in [5, 5.41) is 10.7. The monoisotopic (exact) mass is 218 g/mol. The van der Waals surface area contributed by atoms with Crippen molar-refractivity contribution in [1.82, 2.24) is 0 Å². The van der Waals surface area contributed by atoms with Gasteiger partial charge in [-0.1, -0.05) is 54.1 Å². The minimum atomic E-state index is -0.607. The fourth-order valence-electron chi connectivity index (χ4n) is 1.50. The van der Waals surface area contributed by atoms with E-state index in [1.165, 1.54) is 0 Å². The summed E-state index contributed by atoms with van der Waals surface area (Å²) in [6, 6.07) is 16.8. The summed E-state index contributed by atoms with van der Waals surface area (Å²) in [5.41, 5.74) is 1.69. The average molecular weight is 219 g/mol. The third-order valence-corrected chi connectivity index (χ3v) is 2.51. The summed E-state index contributed by atoms with van der Waals surface area (Å²) >= 11 is 5.87. The lowest BCUT2D eigenvalue weighted by Gasteiger charge is -2.11. The second-order valence-corrected chi connectivity index (χ2v) is 3.80. The predicted octanol–water partition coefficient (Wildman–Crippen LogP) is 3.42. The molecule has 1 unspecified atom stereocenters. The molecule has 2 aromatic rings. The van der Waals surface area contributed by atoms with Crippen molar-refractivity contribution in [3.63, 3.8) is 0 Å². The van der Waals surface area contributed by atoms with Crippen molar-refractivity contribution in [3.05, 3.63) is 70.7 Å². The van der Waals surface area contributed by atoms with Gasteiger partial charge in [-0.05, 0) is 23.3 Å². The van der Waals surface area contributed by atoms with Crippen LogP contribution in [0.1, 0.15) is 17.2 Å². The molecule has 0 amide bonds. The average Bonchev–Trinajstić information content (AvgIpc) is 2.29. The van der Waals surface area contributed by atoms with Crippen LogP contribution in [-0.4, -0.2) is 5.11 Å². The predicted molar refractivity (Wildman–Crippen MR) is 62.0 cm³/mol. The van der Waals surface area contributed by atoms with Crippen molar-refractivity contribution >= 4 is 11.6 Å². The van der Waals surface area contributed by atoms with Gasteiger partial charge in [-0.2, -0.15) is 0 Å². The van der Waals surface area contributed by atoms with Gasteiger partial charge < -0.3 is 5.11 Å². The Hall–Kier alpha value is -1.31. The smallest absolute Gasteiger partial charge is 0.104 e. The molecule has 1 N–H and O–H groups in total. The molecule has 0 aliphatic rings. The highest BCUT2D eigenvalue weighted by atomic mass is 35.5. The molecule has 2 rings (SSSR count). The van der Waals surface area contributed by atoms with E-state index in [1.54, 1.807) is 12.1 Å². The molecular weight excluding hydrogens is 208 g/mol. The maximum Gasteiger partial charge on any atom is 0.104 e. The van der Waals surface area contributed by atoms with Crippen molar-refractivity contribution in [2.45, 2.75) is 6.10 Å². The van der Waals surface area contributed by atoms with Crippen LogP contribution in [0, 0.1) is 0 Å². The molecule has 0 radical (unpaired) electrons. The van der Waals surface area contributed by atoms with Gasteiger partial charge in [-0.3, -0.25) is 0 Å². The van der Waals surface area contributed by atoms with E-state index in [-0.39, 0.29) is 0 Å². The summed E-state index contributed by atoms with van der Waals surface area (Å²) in [5.74, 6) is 0. The van der Waals surface area contributed by atoms with Gasteiger partial charge in [0.1, 0.15) is 6.10 Å². The van der Waals surface area contributed by atoms with Crippen molar-refractivity contribution in [2.75, 3.05) is 0 Å². The number of rotatable bonds is 2. The molecule has 0 bridgehead atoms. The molecule has 76 valence electrons. The SMILES string of the molecule is OC(c1ccccc1)c1cccc(Cl)c1. The standard InChI is InChI=1S/C13H11ClO/c14-12-8-4-7-11(9-12)13(15)10-5-2-1-3-6-10/h1-9,13,15H. The highest BCUT2D eigenvalue weighted by molar-refractivity contribution is 6.30. The topological polar surface area (TPSA) is 20.2 Å². The summed E-state index contributed by atoms with van der Waals surface area (Å²) in [6.07, 6.45) is -0.607. The third kappa shape index (κ3) is 2.38. The molecule has 0 spiro atoms. The van der Waals surface area contributed by atoms with Crippen LogP contribution < -0.4 is 0 Å². The van der Waals surface area contributed by atoms with Crippen LogP contribution in [0.4, 0.5) is 0 Å². The lowest BCUT2D eigenvalue weighted by Crippen LogP contribution is -1.98. The zero-order chi connectivity index (χ0) is 10.7. The highest BCUT2D eigenvalue weighted by Gasteiger charge is 2.09. The Kier molecular flexibility index (Phi) is 3.05. The Morgan fingerprint density at radius 2 is 1.53 bits per heavy atom. The van der Waals surface area contributed by atoms with Crippen LogP contribution in [0.2, 0.25) is 5.02 Å². The number of hydrogen-bond donors (Lipinski definition) is 1. The molecule has 0 saturated carbocycles. The van der Waals surface area contributed by atoms with Gasteiger partial charge in [0.2, 0.25) is 0 Å². The van der Waals surface area contributed by atoms with Gasteiger partial charge >= 0.3 is 0 Å². The normalized spacial score (nSPS) is 12.4. The van der Waals surface area contributed by atoms with E-state index in [0.717, 1.165) is 11.1 Å². The largest absolute Gasteiger partial charge is 0.384 e. The molecule has 2 aromatic carbocycles. The highest BCUT2D eigenvalue weighted by Crippen LogP contribution is 2.23. The van der Waals surface area contributed by atoms with Gasteiger partial charge in [0.25, 0.3) is 0 Å². The third-order valence-electron chi connectivity index (χ3n) is 2.28. The first-order valence-corrected chi connectivity index (χ1v) is 5.13.